The number of amides is 1. The third kappa shape index (κ3) is 6.63. The number of esters is 1. The number of aromatic nitrogens is 1. The predicted molar refractivity (Wildman–Crippen MR) is 123 cm³/mol. The van der Waals surface area contributed by atoms with Crippen molar-refractivity contribution < 1.29 is 37.0 Å². The first-order valence-corrected chi connectivity index (χ1v) is 10.7. The molecule has 0 spiro atoms. The molecule has 186 valence electrons. The first kappa shape index (κ1) is 25.8. The van der Waals surface area contributed by atoms with E-state index in [9.17, 15) is 22.8 Å². The summed E-state index contributed by atoms with van der Waals surface area (Å²) >= 11 is 0. The topological polar surface area (TPSA) is 78.8 Å². The Kier molecular flexibility index (Phi) is 8.18. The zero-order chi connectivity index (χ0) is 25.6. The van der Waals surface area contributed by atoms with Crippen molar-refractivity contribution in [3.8, 4) is 11.4 Å². The minimum absolute atomic E-state index is 0.0286. The molecule has 35 heavy (non-hydrogen) atoms. The molecule has 10 heteroatoms. The molecule has 0 aliphatic carbocycles. The monoisotopic (exact) mass is 490 g/mol. The van der Waals surface area contributed by atoms with Crippen LogP contribution in [0.2, 0.25) is 0 Å². The van der Waals surface area contributed by atoms with Gasteiger partial charge < -0.3 is 24.1 Å². The highest BCUT2D eigenvalue weighted by Crippen LogP contribution is 2.35. The van der Waals surface area contributed by atoms with Gasteiger partial charge in [0.2, 0.25) is 0 Å². The lowest BCUT2D eigenvalue weighted by atomic mass is 10.1. The van der Waals surface area contributed by atoms with Crippen LogP contribution in [0, 0.1) is 13.8 Å². The van der Waals surface area contributed by atoms with E-state index in [4.69, 9.17) is 14.2 Å². The van der Waals surface area contributed by atoms with Gasteiger partial charge in [-0.15, -0.1) is 0 Å². The van der Waals surface area contributed by atoms with Crippen LogP contribution in [-0.4, -0.2) is 43.4 Å². The quantitative estimate of drug-likeness (QED) is 0.340. The Morgan fingerprint density at radius 3 is 2.20 bits per heavy atom. The molecular weight excluding hydrogens is 465 g/mol. The standard InChI is InChI=1S/C25H25F3N2O5/c1-16-4-5-17(2)30(16)20-9-6-18(7-10-20)24(32)35-15-23(31)29-21-14-19(25(26,27)28)8-11-22(21)34-13-12-33-3/h4-11,14H,12-13,15H2,1-3H3,(H,29,31). The molecule has 0 aliphatic heterocycles. The number of carbonyl (C=O) groups excluding carboxylic acids is 2. The lowest BCUT2D eigenvalue weighted by molar-refractivity contribution is -0.137. The minimum Gasteiger partial charge on any atom is -0.489 e. The molecule has 3 aromatic rings. The molecule has 2 aromatic carbocycles. The Labute approximate surface area is 200 Å². The molecule has 0 aliphatic rings. The van der Waals surface area contributed by atoms with Gasteiger partial charge in [0.1, 0.15) is 12.4 Å². The van der Waals surface area contributed by atoms with Crippen LogP contribution < -0.4 is 10.1 Å². The van der Waals surface area contributed by atoms with Crippen LogP contribution in [0.25, 0.3) is 5.69 Å². The van der Waals surface area contributed by atoms with E-state index in [1.807, 2.05) is 30.5 Å². The normalized spacial score (nSPS) is 11.3. The molecular formula is C25H25F3N2O5. The average Bonchev–Trinajstić information content (AvgIpc) is 3.15. The third-order valence-corrected chi connectivity index (χ3v) is 5.09. The summed E-state index contributed by atoms with van der Waals surface area (Å²) in [5.41, 5.74) is 2.01. The van der Waals surface area contributed by atoms with Crippen molar-refractivity contribution in [1.82, 2.24) is 4.57 Å². The van der Waals surface area contributed by atoms with Crippen LogP contribution in [0.1, 0.15) is 27.3 Å². The first-order chi connectivity index (χ1) is 16.6. The second-order valence-corrected chi connectivity index (χ2v) is 7.67. The number of hydrogen-bond acceptors (Lipinski definition) is 5. The van der Waals surface area contributed by atoms with Gasteiger partial charge >= 0.3 is 12.1 Å². The van der Waals surface area contributed by atoms with Crippen molar-refractivity contribution in [1.29, 1.82) is 0 Å². The number of benzene rings is 2. The molecule has 3 rings (SSSR count). The van der Waals surface area contributed by atoms with E-state index in [0.29, 0.717) is 0 Å². The van der Waals surface area contributed by atoms with Crippen molar-refractivity contribution in [2.24, 2.45) is 0 Å². The smallest absolute Gasteiger partial charge is 0.416 e. The number of nitrogens with one attached hydrogen (secondary N) is 1. The summed E-state index contributed by atoms with van der Waals surface area (Å²) in [6.45, 7) is 3.51. The summed E-state index contributed by atoms with van der Waals surface area (Å²) in [4.78, 5) is 24.7. The Bertz CT molecular complexity index is 1170. The maximum atomic E-state index is 13.1. The van der Waals surface area contributed by atoms with Crippen LogP contribution in [0.4, 0.5) is 18.9 Å². The zero-order valence-electron chi connectivity index (χ0n) is 19.4. The molecule has 1 amide bonds. The fraction of sp³-hybridized carbons (Fsp3) is 0.280. The highest BCUT2D eigenvalue weighted by molar-refractivity contribution is 5.96. The number of alkyl halides is 3. The summed E-state index contributed by atoms with van der Waals surface area (Å²) in [6, 6.07) is 13.3. The van der Waals surface area contributed by atoms with Crippen molar-refractivity contribution in [3.63, 3.8) is 0 Å². The Morgan fingerprint density at radius 1 is 0.943 bits per heavy atom. The summed E-state index contributed by atoms with van der Waals surface area (Å²) in [7, 11) is 1.45. The number of aryl methyl sites for hydroxylation is 2. The first-order valence-electron chi connectivity index (χ1n) is 10.7. The van der Waals surface area contributed by atoms with Gasteiger partial charge in [-0.25, -0.2) is 4.79 Å². The van der Waals surface area contributed by atoms with Crippen molar-refractivity contribution in [2.75, 3.05) is 32.2 Å². The Balaban J connectivity index is 1.64. The molecule has 0 unspecified atom stereocenters. The number of carbonyl (C=O) groups is 2. The van der Waals surface area contributed by atoms with Gasteiger partial charge in [0.25, 0.3) is 5.91 Å². The Morgan fingerprint density at radius 2 is 1.60 bits per heavy atom. The van der Waals surface area contributed by atoms with Crippen LogP contribution >= 0.6 is 0 Å². The maximum Gasteiger partial charge on any atom is 0.416 e. The lowest BCUT2D eigenvalue weighted by Crippen LogP contribution is -2.22. The van der Waals surface area contributed by atoms with E-state index in [1.54, 1.807) is 24.3 Å². The third-order valence-electron chi connectivity index (χ3n) is 5.09. The molecule has 0 saturated heterocycles. The number of rotatable bonds is 9. The second-order valence-electron chi connectivity index (χ2n) is 7.67. The van der Waals surface area contributed by atoms with Gasteiger partial charge in [-0.3, -0.25) is 4.79 Å². The van der Waals surface area contributed by atoms with Crippen molar-refractivity contribution >= 4 is 17.6 Å². The Hall–Kier alpha value is -3.79. The largest absolute Gasteiger partial charge is 0.489 e. The second kappa shape index (κ2) is 11.1. The lowest BCUT2D eigenvalue weighted by Gasteiger charge is -2.15. The predicted octanol–water partition coefficient (Wildman–Crippen LogP) is 4.93. The van der Waals surface area contributed by atoms with Crippen molar-refractivity contribution in [3.05, 3.63) is 77.1 Å². The molecule has 0 radical (unpaired) electrons. The van der Waals surface area contributed by atoms with E-state index in [1.165, 1.54) is 7.11 Å². The molecule has 7 nitrogen and oxygen atoms in total. The summed E-state index contributed by atoms with van der Waals surface area (Å²) in [5.74, 6) is -1.53. The molecule has 0 fully saturated rings. The number of halogens is 3. The van der Waals surface area contributed by atoms with Gasteiger partial charge in [-0.05, 0) is 68.4 Å². The maximum absolute atomic E-state index is 13.1. The van der Waals surface area contributed by atoms with Gasteiger partial charge in [-0.2, -0.15) is 13.2 Å². The SMILES string of the molecule is COCCOc1ccc(C(F)(F)F)cc1NC(=O)COC(=O)c1ccc(-n2c(C)ccc2C)cc1. The summed E-state index contributed by atoms with van der Waals surface area (Å²) in [5, 5.41) is 2.31. The van der Waals surface area contributed by atoms with E-state index in [2.05, 4.69) is 5.32 Å². The number of hydrogen-bond donors (Lipinski definition) is 1. The molecule has 1 heterocycles. The van der Waals surface area contributed by atoms with E-state index in [0.717, 1.165) is 35.3 Å². The van der Waals surface area contributed by atoms with Gasteiger partial charge in [0, 0.05) is 24.2 Å². The van der Waals surface area contributed by atoms with Crippen LogP contribution in [-0.2, 0) is 20.4 Å². The van der Waals surface area contributed by atoms with Gasteiger partial charge in [0.15, 0.2) is 6.61 Å². The fourth-order valence-corrected chi connectivity index (χ4v) is 3.39. The minimum atomic E-state index is -4.61. The zero-order valence-corrected chi connectivity index (χ0v) is 19.4. The number of ether oxygens (including phenoxy) is 3. The highest BCUT2D eigenvalue weighted by Gasteiger charge is 2.31. The van der Waals surface area contributed by atoms with Crippen LogP contribution in [0.3, 0.4) is 0 Å². The summed E-state index contributed by atoms with van der Waals surface area (Å²) in [6.07, 6.45) is -4.61. The van der Waals surface area contributed by atoms with E-state index in [-0.39, 0.29) is 30.2 Å². The fourth-order valence-electron chi connectivity index (χ4n) is 3.39. The highest BCUT2D eigenvalue weighted by atomic mass is 19.4. The number of methoxy groups -OCH3 is 1. The molecule has 0 saturated carbocycles. The van der Waals surface area contributed by atoms with E-state index < -0.39 is 30.2 Å². The van der Waals surface area contributed by atoms with Crippen LogP contribution in [0.15, 0.2) is 54.6 Å². The number of anilines is 1. The molecule has 1 N–H and O–H groups in total. The van der Waals surface area contributed by atoms with Gasteiger partial charge in [0.05, 0.1) is 23.4 Å². The van der Waals surface area contributed by atoms with Crippen molar-refractivity contribution in [2.45, 2.75) is 20.0 Å². The molecule has 0 atom stereocenters. The molecule has 0 bridgehead atoms. The van der Waals surface area contributed by atoms with Gasteiger partial charge in [-0.1, -0.05) is 0 Å². The summed E-state index contributed by atoms with van der Waals surface area (Å²) < 4.78 is 56.6. The average molecular weight is 490 g/mol. The van der Waals surface area contributed by atoms with E-state index >= 15 is 0 Å². The van der Waals surface area contributed by atoms with Crippen LogP contribution in [0.5, 0.6) is 5.75 Å². The molecule has 1 aromatic heterocycles. The number of nitrogens with zero attached hydrogens (tertiary/aromatic N) is 1.